The van der Waals surface area contributed by atoms with Gasteiger partial charge in [-0.15, -0.1) is 0 Å². The molecule has 1 aliphatic rings. The second-order valence-electron chi connectivity index (χ2n) is 6.77. The van der Waals surface area contributed by atoms with Gasteiger partial charge in [-0.1, -0.05) is 31.5 Å². The fraction of sp³-hybridized carbons (Fsp3) is 0.368. The Kier molecular flexibility index (Phi) is 6.14. The van der Waals surface area contributed by atoms with Gasteiger partial charge in [0, 0.05) is 23.0 Å². The minimum Gasteiger partial charge on any atom is -0.352 e. The van der Waals surface area contributed by atoms with E-state index in [9.17, 15) is 14.0 Å². The summed E-state index contributed by atoms with van der Waals surface area (Å²) in [5, 5.41) is 12.7. The van der Waals surface area contributed by atoms with Gasteiger partial charge in [0.1, 0.15) is 6.17 Å². The van der Waals surface area contributed by atoms with Crippen molar-refractivity contribution in [2.75, 3.05) is 0 Å². The van der Waals surface area contributed by atoms with Crippen molar-refractivity contribution in [3.63, 3.8) is 0 Å². The minimum atomic E-state index is -1.68. The average molecular weight is 410 g/mol. The molecule has 27 heavy (non-hydrogen) atoms. The predicted octanol–water partition coefficient (Wildman–Crippen LogP) is 3.47. The number of carbonyl (C=O) groups is 2. The van der Waals surface area contributed by atoms with E-state index in [4.69, 9.17) is 11.6 Å². The van der Waals surface area contributed by atoms with E-state index in [1.165, 1.54) is 11.3 Å². The number of hydrogen-bond acceptors (Lipinski definition) is 4. The third-order valence-corrected chi connectivity index (χ3v) is 5.49. The molecule has 3 atom stereocenters. The van der Waals surface area contributed by atoms with Crippen LogP contribution in [0.3, 0.4) is 0 Å². The summed E-state index contributed by atoms with van der Waals surface area (Å²) in [5.41, 5.74) is 2.20. The molecule has 3 N–H and O–H groups in total. The molecular formula is C19H21ClFN3O2S. The first-order valence-corrected chi connectivity index (χ1v) is 9.97. The molecule has 2 aromatic rings. The lowest BCUT2D eigenvalue weighted by molar-refractivity contribution is -0.131. The normalized spacial score (nSPS) is 22.6. The first-order valence-electron chi connectivity index (χ1n) is 8.65. The van der Waals surface area contributed by atoms with Gasteiger partial charge in [-0.2, -0.15) is 11.3 Å². The smallest absolute Gasteiger partial charge is 0.258 e. The summed E-state index contributed by atoms with van der Waals surface area (Å²) >= 11 is 7.78. The highest BCUT2D eigenvalue weighted by atomic mass is 35.5. The molecule has 2 amide bonds. The van der Waals surface area contributed by atoms with Crippen molar-refractivity contribution in [2.24, 2.45) is 5.92 Å². The zero-order chi connectivity index (χ0) is 19.6. The molecule has 1 saturated heterocycles. The van der Waals surface area contributed by atoms with E-state index in [1.54, 1.807) is 12.1 Å². The number of alkyl halides is 1. The maximum Gasteiger partial charge on any atom is 0.258 e. The lowest BCUT2D eigenvalue weighted by atomic mass is 9.99. The molecule has 3 rings (SSSR count). The first kappa shape index (κ1) is 19.8. The van der Waals surface area contributed by atoms with Crippen molar-refractivity contribution < 1.29 is 14.0 Å². The topological polar surface area (TPSA) is 70.2 Å². The molecule has 0 aliphatic carbocycles. The molecule has 2 heterocycles. The number of nitrogens with one attached hydrogen (secondary N) is 3. The molecule has 0 radical (unpaired) electrons. The number of rotatable bonds is 5. The van der Waals surface area contributed by atoms with Crippen molar-refractivity contribution in [3.05, 3.63) is 56.7 Å². The van der Waals surface area contributed by atoms with Crippen LogP contribution in [0.4, 0.5) is 4.39 Å². The Bertz CT molecular complexity index is 828. The molecule has 8 heteroatoms. The summed E-state index contributed by atoms with van der Waals surface area (Å²) in [5.74, 6) is -0.832. The van der Waals surface area contributed by atoms with Gasteiger partial charge in [-0.3, -0.25) is 14.9 Å². The van der Waals surface area contributed by atoms with Crippen LogP contribution in [-0.4, -0.2) is 18.0 Å². The van der Waals surface area contributed by atoms with Crippen LogP contribution >= 0.6 is 22.9 Å². The number of thiophene rings is 1. The third kappa shape index (κ3) is 4.48. The molecule has 144 valence electrons. The number of halogens is 2. The monoisotopic (exact) mass is 409 g/mol. The summed E-state index contributed by atoms with van der Waals surface area (Å²) in [6.45, 7) is 3.99. The Balaban J connectivity index is 1.81. The van der Waals surface area contributed by atoms with Crippen LogP contribution in [0.1, 0.15) is 42.7 Å². The number of hydrogen-bond donors (Lipinski definition) is 3. The molecule has 1 aromatic heterocycles. The highest BCUT2D eigenvalue weighted by molar-refractivity contribution is 7.08. The van der Waals surface area contributed by atoms with Gasteiger partial charge >= 0.3 is 0 Å². The van der Waals surface area contributed by atoms with Gasteiger partial charge < -0.3 is 10.6 Å². The Labute approximate surface area is 166 Å². The Hall–Kier alpha value is -1.96. The van der Waals surface area contributed by atoms with E-state index in [2.05, 4.69) is 16.0 Å². The highest BCUT2D eigenvalue weighted by Crippen LogP contribution is 2.32. The number of carbonyl (C=O) groups excluding carboxylic acids is 2. The Morgan fingerprint density at radius 1 is 1.37 bits per heavy atom. The molecule has 0 saturated carbocycles. The van der Waals surface area contributed by atoms with E-state index in [-0.39, 0.29) is 11.8 Å². The first-order chi connectivity index (χ1) is 12.9. The zero-order valence-electron chi connectivity index (χ0n) is 15.0. The fourth-order valence-electron chi connectivity index (χ4n) is 2.88. The van der Waals surface area contributed by atoms with Crippen LogP contribution < -0.4 is 16.0 Å². The molecule has 1 fully saturated rings. The number of amides is 2. The standard InChI is InChI=1S/C19H21ClFN3O2S/c1-10(2)18(25)22-8-11-3-4-14(20)13(7-11)17-23-16(12-5-6-27-9-12)15(21)19(26)24-17/h3-7,9-10,15-17,23H,8H2,1-2H3,(H,22,25)(H,24,26). The summed E-state index contributed by atoms with van der Waals surface area (Å²) in [7, 11) is 0. The number of benzene rings is 1. The summed E-state index contributed by atoms with van der Waals surface area (Å²) in [6.07, 6.45) is -2.30. The van der Waals surface area contributed by atoms with Crippen molar-refractivity contribution >= 4 is 34.8 Å². The minimum absolute atomic E-state index is 0.0478. The van der Waals surface area contributed by atoms with Gasteiger partial charge in [-0.25, -0.2) is 4.39 Å². The summed E-state index contributed by atoms with van der Waals surface area (Å²) in [4.78, 5) is 23.9. The SMILES string of the molecule is CC(C)C(=O)NCc1ccc(Cl)c(C2NC(=O)C(F)C(c3ccsc3)N2)c1. The van der Waals surface area contributed by atoms with Gasteiger partial charge in [0.2, 0.25) is 5.91 Å². The molecule has 5 nitrogen and oxygen atoms in total. The van der Waals surface area contributed by atoms with Crippen molar-refractivity contribution in [2.45, 2.75) is 38.8 Å². The molecule has 1 aliphatic heterocycles. The summed E-state index contributed by atoms with van der Waals surface area (Å²) in [6, 6.07) is 6.39. The van der Waals surface area contributed by atoms with E-state index in [0.717, 1.165) is 11.1 Å². The third-order valence-electron chi connectivity index (χ3n) is 4.44. The Morgan fingerprint density at radius 2 is 2.15 bits per heavy atom. The van der Waals surface area contributed by atoms with Crippen molar-refractivity contribution in [1.82, 2.24) is 16.0 Å². The van der Waals surface area contributed by atoms with Crippen molar-refractivity contribution in [3.8, 4) is 0 Å². The largest absolute Gasteiger partial charge is 0.352 e. The second-order valence-corrected chi connectivity index (χ2v) is 7.96. The molecular weight excluding hydrogens is 389 g/mol. The van der Waals surface area contributed by atoms with Gasteiger partial charge in [0.25, 0.3) is 5.91 Å². The van der Waals surface area contributed by atoms with Crippen LogP contribution in [0.5, 0.6) is 0 Å². The highest BCUT2D eigenvalue weighted by Gasteiger charge is 2.38. The van der Waals surface area contributed by atoms with E-state index < -0.39 is 24.3 Å². The maximum absolute atomic E-state index is 14.4. The van der Waals surface area contributed by atoms with Crippen LogP contribution in [-0.2, 0) is 16.1 Å². The quantitative estimate of drug-likeness (QED) is 0.708. The van der Waals surface area contributed by atoms with Gasteiger partial charge in [-0.05, 0) is 40.1 Å². The average Bonchev–Trinajstić information content (AvgIpc) is 3.17. The molecule has 0 spiro atoms. The van der Waals surface area contributed by atoms with Gasteiger partial charge in [0.05, 0.1) is 6.04 Å². The lowest BCUT2D eigenvalue weighted by Gasteiger charge is -2.34. The van der Waals surface area contributed by atoms with Crippen LogP contribution in [0.15, 0.2) is 35.0 Å². The van der Waals surface area contributed by atoms with Crippen LogP contribution in [0.25, 0.3) is 0 Å². The molecule has 3 unspecified atom stereocenters. The lowest BCUT2D eigenvalue weighted by Crippen LogP contribution is -2.53. The van der Waals surface area contributed by atoms with E-state index >= 15 is 0 Å². The van der Waals surface area contributed by atoms with Gasteiger partial charge in [0.15, 0.2) is 6.17 Å². The maximum atomic E-state index is 14.4. The predicted molar refractivity (Wildman–Crippen MR) is 104 cm³/mol. The molecule has 1 aromatic carbocycles. The Morgan fingerprint density at radius 3 is 2.81 bits per heavy atom. The second kappa shape index (κ2) is 8.37. The van der Waals surface area contributed by atoms with Crippen LogP contribution in [0.2, 0.25) is 5.02 Å². The van der Waals surface area contributed by atoms with Crippen LogP contribution in [0, 0.1) is 5.92 Å². The van der Waals surface area contributed by atoms with Crippen molar-refractivity contribution in [1.29, 1.82) is 0 Å². The molecule has 0 bridgehead atoms. The van der Waals surface area contributed by atoms with E-state index in [0.29, 0.717) is 17.1 Å². The zero-order valence-corrected chi connectivity index (χ0v) is 16.5. The van der Waals surface area contributed by atoms with E-state index in [1.807, 2.05) is 36.7 Å². The fourth-order valence-corrected chi connectivity index (χ4v) is 3.80. The summed E-state index contributed by atoms with van der Waals surface area (Å²) < 4.78 is 14.4.